The fraction of sp³-hybridized carbons (Fsp3) is 0.100. The Labute approximate surface area is 163 Å². The Morgan fingerprint density at radius 2 is 1.86 bits per heavy atom. The van der Waals surface area contributed by atoms with Gasteiger partial charge in [0.1, 0.15) is 0 Å². The number of amides is 1. The first kappa shape index (κ1) is 20.0. The van der Waals surface area contributed by atoms with Crippen LogP contribution in [0.15, 0.2) is 64.6 Å². The summed E-state index contributed by atoms with van der Waals surface area (Å²) in [5, 5.41) is 3.87. The lowest BCUT2D eigenvalue weighted by Crippen LogP contribution is -2.19. The molecule has 0 fully saturated rings. The third kappa shape index (κ3) is 5.16. The molecule has 3 rings (SSSR count). The Bertz CT molecular complexity index is 1100. The molecule has 0 radical (unpaired) electrons. The Hall–Kier alpha value is -3.75. The summed E-state index contributed by atoms with van der Waals surface area (Å²) in [6.45, 7) is 1.74. The molecule has 0 bridgehead atoms. The van der Waals surface area contributed by atoms with E-state index in [4.69, 9.17) is 0 Å². The molecule has 0 aliphatic carbocycles. The maximum Gasteiger partial charge on any atom is 0.416 e. The predicted molar refractivity (Wildman–Crippen MR) is 102 cm³/mol. The van der Waals surface area contributed by atoms with Gasteiger partial charge in [-0.1, -0.05) is 12.1 Å². The van der Waals surface area contributed by atoms with E-state index in [1.54, 1.807) is 19.1 Å². The zero-order valence-electron chi connectivity index (χ0n) is 15.1. The smallest absolute Gasteiger partial charge is 0.328 e. The number of aromatic nitrogens is 2. The van der Waals surface area contributed by atoms with E-state index < -0.39 is 17.6 Å². The van der Waals surface area contributed by atoms with Crippen LogP contribution in [0.4, 0.5) is 13.2 Å². The van der Waals surface area contributed by atoms with Crippen molar-refractivity contribution in [2.45, 2.75) is 13.1 Å². The molecule has 29 heavy (non-hydrogen) atoms. The van der Waals surface area contributed by atoms with Gasteiger partial charge in [0.2, 0.25) is 5.56 Å². The van der Waals surface area contributed by atoms with E-state index in [1.165, 1.54) is 36.7 Å². The first-order valence-electron chi connectivity index (χ1n) is 8.41. The molecular formula is C20H15F3N4O2. The molecule has 0 saturated heterocycles. The highest BCUT2D eigenvalue weighted by molar-refractivity contribution is 5.94. The summed E-state index contributed by atoms with van der Waals surface area (Å²) < 4.78 is 38.1. The second kappa shape index (κ2) is 8.09. The van der Waals surface area contributed by atoms with Gasteiger partial charge >= 0.3 is 6.18 Å². The van der Waals surface area contributed by atoms with Gasteiger partial charge in [0.25, 0.3) is 5.91 Å². The van der Waals surface area contributed by atoms with Gasteiger partial charge in [-0.2, -0.15) is 18.3 Å². The number of H-pyrrole nitrogens is 1. The topological polar surface area (TPSA) is 87.2 Å². The maximum absolute atomic E-state index is 12.7. The highest BCUT2D eigenvalue weighted by Crippen LogP contribution is 2.30. The molecule has 148 valence electrons. The lowest BCUT2D eigenvalue weighted by molar-refractivity contribution is -0.137. The monoisotopic (exact) mass is 400 g/mol. The minimum atomic E-state index is -4.40. The maximum atomic E-state index is 12.7. The van der Waals surface area contributed by atoms with Crippen LogP contribution in [-0.2, 0) is 6.18 Å². The predicted octanol–water partition coefficient (Wildman–Crippen LogP) is 3.53. The lowest BCUT2D eigenvalue weighted by atomic mass is 10.1. The number of pyridine rings is 2. The van der Waals surface area contributed by atoms with Crippen molar-refractivity contribution in [1.29, 1.82) is 0 Å². The van der Waals surface area contributed by atoms with Crippen LogP contribution in [0.1, 0.15) is 27.2 Å². The van der Waals surface area contributed by atoms with Crippen molar-refractivity contribution in [3.63, 3.8) is 0 Å². The number of hydrogen-bond donors (Lipinski definition) is 2. The highest BCUT2D eigenvalue weighted by atomic mass is 19.4. The normalized spacial score (nSPS) is 11.6. The number of rotatable bonds is 4. The van der Waals surface area contributed by atoms with Crippen LogP contribution in [0.2, 0.25) is 0 Å². The number of carbonyl (C=O) groups is 1. The molecule has 1 aromatic carbocycles. The fourth-order valence-corrected chi connectivity index (χ4v) is 2.53. The number of hydrogen-bond acceptors (Lipinski definition) is 4. The Kier molecular flexibility index (Phi) is 5.58. The van der Waals surface area contributed by atoms with Crippen molar-refractivity contribution < 1.29 is 18.0 Å². The van der Waals surface area contributed by atoms with Crippen molar-refractivity contribution in [1.82, 2.24) is 15.4 Å². The van der Waals surface area contributed by atoms with E-state index in [1.807, 2.05) is 0 Å². The molecule has 6 nitrogen and oxygen atoms in total. The van der Waals surface area contributed by atoms with E-state index in [0.717, 1.165) is 12.1 Å². The summed E-state index contributed by atoms with van der Waals surface area (Å²) >= 11 is 0. The number of nitrogens with one attached hydrogen (secondary N) is 2. The molecule has 0 saturated carbocycles. The van der Waals surface area contributed by atoms with Crippen molar-refractivity contribution in [2.24, 2.45) is 5.10 Å². The van der Waals surface area contributed by atoms with Gasteiger partial charge in [-0.15, -0.1) is 0 Å². The summed E-state index contributed by atoms with van der Waals surface area (Å²) in [6, 6.07) is 10.6. The van der Waals surface area contributed by atoms with Gasteiger partial charge in [-0.05, 0) is 42.8 Å². The number of carbonyl (C=O) groups excluding carboxylic acids is 1. The van der Waals surface area contributed by atoms with Crippen LogP contribution in [0.25, 0.3) is 11.3 Å². The van der Waals surface area contributed by atoms with Crippen LogP contribution in [0.5, 0.6) is 0 Å². The molecule has 9 heteroatoms. The molecule has 0 unspecified atom stereocenters. The minimum absolute atomic E-state index is 0.234. The quantitative estimate of drug-likeness (QED) is 0.519. The van der Waals surface area contributed by atoms with Crippen LogP contribution < -0.4 is 11.0 Å². The first-order valence-corrected chi connectivity index (χ1v) is 8.41. The Morgan fingerprint density at radius 1 is 1.14 bits per heavy atom. The summed E-state index contributed by atoms with van der Waals surface area (Å²) in [4.78, 5) is 29.7. The van der Waals surface area contributed by atoms with E-state index in [9.17, 15) is 22.8 Å². The molecular weight excluding hydrogens is 385 g/mol. The van der Waals surface area contributed by atoms with Crippen molar-refractivity contribution in [3.8, 4) is 11.3 Å². The lowest BCUT2D eigenvalue weighted by Gasteiger charge is -2.08. The van der Waals surface area contributed by atoms with E-state index >= 15 is 0 Å². The zero-order chi connectivity index (χ0) is 21.0. The molecule has 2 heterocycles. The van der Waals surface area contributed by atoms with Crippen LogP contribution in [0.3, 0.4) is 0 Å². The Balaban J connectivity index is 1.76. The molecule has 3 aromatic rings. The van der Waals surface area contributed by atoms with Gasteiger partial charge in [0.15, 0.2) is 0 Å². The van der Waals surface area contributed by atoms with Gasteiger partial charge in [0, 0.05) is 23.5 Å². The molecule has 1 amide bonds. The van der Waals surface area contributed by atoms with Crippen molar-refractivity contribution in [2.75, 3.05) is 0 Å². The summed E-state index contributed by atoms with van der Waals surface area (Å²) in [5.74, 6) is -0.508. The third-order valence-electron chi connectivity index (χ3n) is 3.91. The van der Waals surface area contributed by atoms with Crippen molar-refractivity contribution in [3.05, 3.63) is 87.5 Å². The number of halogens is 3. The number of alkyl halides is 3. The highest BCUT2D eigenvalue weighted by Gasteiger charge is 2.30. The SMILES string of the molecule is Cc1cc(C=NNC(=O)c2ccc(=O)[nH]c2)cc(-c2ccc(C(F)(F)F)cc2)n1. The number of benzene rings is 1. The van der Waals surface area contributed by atoms with Gasteiger partial charge in [0.05, 0.1) is 23.0 Å². The summed E-state index contributed by atoms with van der Waals surface area (Å²) in [6.07, 6.45) is -1.74. The first-order chi connectivity index (χ1) is 13.7. The Morgan fingerprint density at radius 3 is 2.48 bits per heavy atom. The van der Waals surface area contributed by atoms with Gasteiger partial charge in [-0.3, -0.25) is 14.6 Å². The number of aromatic amines is 1. The molecule has 0 spiro atoms. The molecule has 2 N–H and O–H groups in total. The second-order valence-corrected chi connectivity index (χ2v) is 6.14. The minimum Gasteiger partial charge on any atom is -0.328 e. The molecule has 0 aliphatic heterocycles. The van der Waals surface area contributed by atoms with Gasteiger partial charge < -0.3 is 4.98 Å². The average Bonchev–Trinajstić information content (AvgIpc) is 2.67. The summed E-state index contributed by atoms with van der Waals surface area (Å²) in [7, 11) is 0. The zero-order valence-corrected chi connectivity index (χ0v) is 15.1. The van der Waals surface area contributed by atoms with Crippen LogP contribution in [0, 0.1) is 6.92 Å². The largest absolute Gasteiger partial charge is 0.416 e. The van der Waals surface area contributed by atoms with Crippen LogP contribution in [-0.4, -0.2) is 22.1 Å². The second-order valence-electron chi connectivity index (χ2n) is 6.14. The van der Waals surface area contributed by atoms with E-state index in [0.29, 0.717) is 22.5 Å². The van der Waals surface area contributed by atoms with E-state index in [2.05, 4.69) is 20.5 Å². The average molecular weight is 400 g/mol. The van der Waals surface area contributed by atoms with Gasteiger partial charge in [-0.25, -0.2) is 5.43 Å². The van der Waals surface area contributed by atoms with E-state index in [-0.39, 0.29) is 11.1 Å². The fourth-order valence-electron chi connectivity index (χ4n) is 2.53. The standard InChI is InChI=1S/C20H15F3N4O2/c1-12-8-13(10-25-27-19(29)15-4-7-18(28)24-11-15)9-17(26-12)14-2-5-16(6-3-14)20(21,22)23/h2-11H,1H3,(H,24,28)(H,27,29). The number of nitrogens with zero attached hydrogens (tertiary/aromatic N) is 2. The third-order valence-corrected chi connectivity index (χ3v) is 3.91. The summed E-state index contributed by atoms with van der Waals surface area (Å²) in [5.41, 5.74) is 3.75. The van der Waals surface area contributed by atoms with Crippen molar-refractivity contribution >= 4 is 12.1 Å². The molecule has 0 aliphatic rings. The molecule has 2 aromatic heterocycles. The molecule has 0 atom stereocenters. The number of aryl methyl sites for hydroxylation is 1. The van der Waals surface area contributed by atoms with Crippen LogP contribution >= 0.6 is 0 Å². The number of hydrazone groups is 1.